The fraction of sp³-hybridized carbons (Fsp3) is 0.263. The third kappa shape index (κ3) is 2.99. The van der Waals surface area contributed by atoms with Crippen LogP contribution in [0.5, 0.6) is 0 Å². The van der Waals surface area contributed by atoms with Gasteiger partial charge in [-0.15, -0.1) is 6.58 Å². The van der Waals surface area contributed by atoms with Gasteiger partial charge in [-0.05, 0) is 23.8 Å². The maximum Gasteiger partial charge on any atom is 0.256 e. The monoisotopic (exact) mass is 352 g/mol. The molecule has 0 bridgehead atoms. The SMILES string of the molecule is C=CCn1cc(CN2CCc3[nH]c(=S)[nH]c(=O)c3C2)c2ccccc21. The van der Waals surface area contributed by atoms with Crippen LogP contribution < -0.4 is 5.56 Å². The molecule has 1 aromatic carbocycles. The number of hydrogen-bond acceptors (Lipinski definition) is 3. The zero-order valence-electron chi connectivity index (χ0n) is 13.9. The van der Waals surface area contributed by atoms with Crippen molar-refractivity contribution in [1.29, 1.82) is 0 Å². The van der Waals surface area contributed by atoms with Gasteiger partial charge in [0.25, 0.3) is 5.56 Å². The highest BCUT2D eigenvalue weighted by molar-refractivity contribution is 7.71. The standard InChI is InChI=1S/C19H20N4OS/c1-2-8-23-11-13(14-5-3-4-6-17(14)23)10-22-9-7-16-15(12-22)18(24)21-19(25)20-16/h2-6,11H,1,7-10,12H2,(H2,20,21,24,25). The van der Waals surface area contributed by atoms with E-state index in [1.807, 2.05) is 6.08 Å². The maximum atomic E-state index is 12.2. The van der Waals surface area contributed by atoms with Crippen molar-refractivity contribution in [3.8, 4) is 0 Å². The molecular weight excluding hydrogens is 332 g/mol. The number of aromatic nitrogens is 3. The lowest BCUT2D eigenvalue weighted by Crippen LogP contribution is -2.35. The zero-order chi connectivity index (χ0) is 17.4. The summed E-state index contributed by atoms with van der Waals surface area (Å²) in [6, 6.07) is 8.43. The van der Waals surface area contributed by atoms with Crippen molar-refractivity contribution in [2.24, 2.45) is 0 Å². The number of fused-ring (bicyclic) bond motifs is 2. The average Bonchev–Trinajstić information content (AvgIpc) is 2.94. The Bertz CT molecular complexity index is 1060. The van der Waals surface area contributed by atoms with Gasteiger partial charge in [0.05, 0.1) is 5.56 Å². The van der Waals surface area contributed by atoms with Gasteiger partial charge < -0.3 is 9.55 Å². The largest absolute Gasteiger partial charge is 0.343 e. The minimum absolute atomic E-state index is 0.0717. The lowest BCUT2D eigenvalue weighted by molar-refractivity contribution is 0.242. The van der Waals surface area contributed by atoms with Crippen LogP contribution in [0.4, 0.5) is 0 Å². The van der Waals surface area contributed by atoms with E-state index in [0.717, 1.165) is 37.3 Å². The summed E-state index contributed by atoms with van der Waals surface area (Å²) in [5, 5.41) is 1.26. The summed E-state index contributed by atoms with van der Waals surface area (Å²) < 4.78 is 2.63. The highest BCUT2D eigenvalue weighted by Gasteiger charge is 2.21. The van der Waals surface area contributed by atoms with Crippen LogP contribution in [0, 0.1) is 4.77 Å². The van der Waals surface area contributed by atoms with Crippen molar-refractivity contribution < 1.29 is 0 Å². The van der Waals surface area contributed by atoms with Crippen molar-refractivity contribution in [2.75, 3.05) is 6.54 Å². The average molecular weight is 352 g/mol. The van der Waals surface area contributed by atoms with E-state index in [1.165, 1.54) is 16.5 Å². The van der Waals surface area contributed by atoms with E-state index in [2.05, 4.69) is 56.5 Å². The molecule has 3 aromatic rings. The summed E-state index contributed by atoms with van der Waals surface area (Å²) in [5.74, 6) is 0. The number of aromatic amines is 2. The van der Waals surface area contributed by atoms with Gasteiger partial charge >= 0.3 is 0 Å². The van der Waals surface area contributed by atoms with Crippen molar-refractivity contribution in [3.63, 3.8) is 0 Å². The third-order valence-electron chi connectivity index (χ3n) is 4.78. The van der Waals surface area contributed by atoms with Gasteiger partial charge in [-0.25, -0.2) is 0 Å². The number of benzene rings is 1. The summed E-state index contributed by atoms with van der Waals surface area (Å²) in [6.45, 7) is 7.00. The molecule has 2 aromatic heterocycles. The molecule has 6 heteroatoms. The quantitative estimate of drug-likeness (QED) is 0.560. The highest BCUT2D eigenvalue weighted by atomic mass is 32.1. The molecule has 5 nitrogen and oxygen atoms in total. The molecule has 0 saturated heterocycles. The zero-order valence-corrected chi connectivity index (χ0v) is 14.7. The number of nitrogens with one attached hydrogen (secondary N) is 2. The van der Waals surface area contributed by atoms with Crippen LogP contribution in [0.15, 0.2) is 47.9 Å². The number of H-pyrrole nitrogens is 2. The van der Waals surface area contributed by atoms with Crippen LogP contribution in [-0.4, -0.2) is 26.0 Å². The van der Waals surface area contributed by atoms with Crippen molar-refractivity contribution in [3.05, 3.63) is 75.1 Å². The van der Waals surface area contributed by atoms with Gasteiger partial charge in [0.1, 0.15) is 0 Å². The molecule has 128 valence electrons. The Morgan fingerprint density at radius 1 is 1.28 bits per heavy atom. The lowest BCUT2D eigenvalue weighted by atomic mass is 10.1. The van der Waals surface area contributed by atoms with Gasteiger partial charge in [0.2, 0.25) is 0 Å². The van der Waals surface area contributed by atoms with Gasteiger partial charge in [0, 0.05) is 55.4 Å². The second-order valence-corrected chi connectivity index (χ2v) is 6.85. The van der Waals surface area contributed by atoms with Crippen LogP contribution in [0.25, 0.3) is 10.9 Å². The van der Waals surface area contributed by atoms with Crippen LogP contribution in [0.2, 0.25) is 0 Å². The summed E-state index contributed by atoms with van der Waals surface area (Å²) >= 11 is 5.06. The second-order valence-electron chi connectivity index (χ2n) is 6.44. The molecule has 0 radical (unpaired) electrons. The molecule has 0 saturated carbocycles. The van der Waals surface area contributed by atoms with Crippen LogP contribution in [-0.2, 0) is 26.1 Å². The summed E-state index contributed by atoms with van der Waals surface area (Å²) in [7, 11) is 0. The van der Waals surface area contributed by atoms with Crippen LogP contribution in [0.1, 0.15) is 16.8 Å². The fourth-order valence-corrected chi connectivity index (χ4v) is 3.84. The van der Waals surface area contributed by atoms with E-state index in [0.29, 0.717) is 11.3 Å². The molecule has 3 heterocycles. The maximum absolute atomic E-state index is 12.2. The Balaban J connectivity index is 1.65. The van der Waals surface area contributed by atoms with E-state index in [9.17, 15) is 4.79 Å². The molecule has 25 heavy (non-hydrogen) atoms. The minimum atomic E-state index is -0.0717. The number of rotatable bonds is 4. The number of hydrogen-bond donors (Lipinski definition) is 2. The predicted molar refractivity (Wildman–Crippen MR) is 102 cm³/mol. The van der Waals surface area contributed by atoms with E-state index < -0.39 is 0 Å². The summed E-state index contributed by atoms with van der Waals surface area (Å²) in [4.78, 5) is 20.3. The normalized spacial score (nSPS) is 14.6. The first kappa shape index (κ1) is 16.1. The first-order valence-corrected chi connectivity index (χ1v) is 8.81. The highest BCUT2D eigenvalue weighted by Crippen LogP contribution is 2.24. The van der Waals surface area contributed by atoms with Gasteiger partial charge in [-0.3, -0.25) is 14.7 Å². The number of nitrogens with zero attached hydrogens (tertiary/aromatic N) is 2. The van der Waals surface area contributed by atoms with Gasteiger partial charge in [0.15, 0.2) is 4.77 Å². The van der Waals surface area contributed by atoms with Crippen LogP contribution in [0.3, 0.4) is 0 Å². The third-order valence-corrected chi connectivity index (χ3v) is 4.98. The van der Waals surface area contributed by atoms with Gasteiger partial charge in [-0.1, -0.05) is 24.3 Å². The van der Waals surface area contributed by atoms with Crippen molar-refractivity contribution >= 4 is 23.1 Å². The van der Waals surface area contributed by atoms with Crippen molar-refractivity contribution in [2.45, 2.75) is 26.1 Å². The predicted octanol–water partition coefficient (Wildman–Crippen LogP) is 3.13. The lowest BCUT2D eigenvalue weighted by Gasteiger charge is -2.27. The van der Waals surface area contributed by atoms with E-state index in [1.54, 1.807) is 0 Å². The first-order chi connectivity index (χ1) is 12.2. The molecule has 4 rings (SSSR count). The number of allylic oxidation sites excluding steroid dienone is 1. The summed E-state index contributed by atoms with van der Waals surface area (Å²) in [5.41, 5.74) is 4.20. The van der Waals surface area contributed by atoms with E-state index in [4.69, 9.17) is 12.2 Å². The molecule has 0 unspecified atom stereocenters. The molecule has 0 amide bonds. The minimum Gasteiger partial charge on any atom is -0.343 e. The van der Waals surface area contributed by atoms with Crippen LogP contribution >= 0.6 is 12.2 Å². The fourth-order valence-electron chi connectivity index (χ4n) is 3.63. The molecule has 0 aliphatic carbocycles. The molecule has 0 fully saturated rings. The van der Waals surface area contributed by atoms with Gasteiger partial charge in [-0.2, -0.15) is 0 Å². The van der Waals surface area contributed by atoms with E-state index >= 15 is 0 Å². The smallest absolute Gasteiger partial charge is 0.256 e. The second kappa shape index (κ2) is 6.46. The molecule has 0 atom stereocenters. The molecular formula is C19H20N4OS. The Hall–Kier alpha value is -2.44. The summed E-state index contributed by atoms with van der Waals surface area (Å²) in [6.07, 6.45) is 4.92. The topological polar surface area (TPSA) is 56.8 Å². The molecule has 0 spiro atoms. The Labute approximate surface area is 150 Å². The Morgan fingerprint density at radius 3 is 2.96 bits per heavy atom. The molecule has 2 N–H and O–H groups in total. The molecule has 1 aliphatic heterocycles. The molecule has 1 aliphatic rings. The van der Waals surface area contributed by atoms with E-state index in [-0.39, 0.29) is 5.56 Å². The first-order valence-electron chi connectivity index (χ1n) is 8.40. The Kier molecular flexibility index (Phi) is 4.15. The Morgan fingerprint density at radius 2 is 2.12 bits per heavy atom. The van der Waals surface area contributed by atoms with Crippen molar-refractivity contribution in [1.82, 2.24) is 19.4 Å². The number of para-hydroxylation sites is 1.